The molecule has 1 aliphatic heterocycles. The minimum Gasteiger partial charge on any atom is -0.374 e. The predicted molar refractivity (Wildman–Crippen MR) is 85.9 cm³/mol. The zero-order chi connectivity index (χ0) is 14.7. The zero-order valence-corrected chi connectivity index (χ0v) is 12.5. The highest BCUT2D eigenvalue weighted by Gasteiger charge is 2.28. The van der Waals surface area contributed by atoms with Crippen LogP contribution in [-0.2, 0) is 4.74 Å². The highest BCUT2D eigenvalue weighted by atomic mass is 16.5. The Labute approximate surface area is 125 Å². The number of benzene rings is 2. The first kappa shape index (κ1) is 14.5. The van der Waals surface area contributed by atoms with E-state index in [1.807, 2.05) is 0 Å². The largest absolute Gasteiger partial charge is 0.374 e. The second-order valence-electron chi connectivity index (χ2n) is 5.55. The van der Waals surface area contributed by atoms with Gasteiger partial charge in [-0.05, 0) is 28.9 Å². The summed E-state index contributed by atoms with van der Waals surface area (Å²) in [4.78, 5) is 2.40. The van der Waals surface area contributed by atoms with Crippen LogP contribution in [0.4, 0.5) is 0 Å². The molecule has 3 N–H and O–H groups in total. The van der Waals surface area contributed by atoms with Crippen molar-refractivity contribution in [1.29, 1.82) is 0 Å². The summed E-state index contributed by atoms with van der Waals surface area (Å²) in [7, 11) is 0. The first-order valence-corrected chi connectivity index (χ1v) is 7.60. The Balaban J connectivity index is 1.86. The molecule has 2 atom stereocenters. The quantitative estimate of drug-likeness (QED) is 0.667. The third kappa shape index (κ3) is 3.09. The molecule has 4 nitrogen and oxygen atoms in total. The van der Waals surface area contributed by atoms with Gasteiger partial charge in [-0.15, -0.1) is 0 Å². The lowest BCUT2D eigenvalue weighted by Crippen LogP contribution is -2.49. The fraction of sp³-hybridized carbons (Fsp3) is 0.412. The molecule has 112 valence electrons. The van der Waals surface area contributed by atoms with Crippen molar-refractivity contribution in [2.24, 2.45) is 5.84 Å². The SMILES string of the molecule is CCN1CCOC(C(NN)c2ccc3ccccc3c2)C1. The third-order valence-electron chi connectivity index (χ3n) is 4.31. The highest BCUT2D eigenvalue weighted by molar-refractivity contribution is 5.83. The number of morpholine rings is 1. The fourth-order valence-corrected chi connectivity index (χ4v) is 3.04. The smallest absolute Gasteiger partial charge is 0.0909 e. The average Bonchev–Trinajstić information content (AvgIpc) is 2.56. The molecule has 1 aliphatic rings. The number of hydrazine groups is 1. The second kappa shape index (κ2) is 6.54. The number of nitrogens with zero attached hydrogens (tertiary/aromatic N) is 1. The van der Waals surface area contributed by atoms with Crippen molar-refractivity contribution in [2.45, 2.75) is 19.1 Å². The molecule has 21 heavy (non-hydrogen) atoms. The van der Waals surface area contributed by atoms with Crippen LogP contribution in [0.2, 0.25) is 0 Å². The van der Waals surface area contributed by atoms with Crippen molar-refractivity contribution in [3.05, 3.63) is 48.0 Å². The second-order valence-corrected chi connectivity index (χ2v) is 5.55. The van der Waals surface area contributed by atoms with Crippen molar-refractivity contribution in [2.75, 3.05) is 26.2 Å². The molecule has 2 aromatic carbocycles. The van der Waals surface area contributed by atoms with E-state index in [9.17, 15) is 0 Å². The molecular weight excluding hydrogens is 262 g/mol. The monoisotopic (exact) mass is 285 g/mol. The van der Waals surface area contributed by atoms with Crippen LogP contribution in [0.3, 0.4) is 0 Å². The van der Waals surface area contributed by atoms with Crippen molar-refractivity contribution >= 4 is 10.8 Å². The summed E-state index contributed by atoms with van der Waals surface area (Å²) in [6.45, 7) is 5.92. The lowest BCUT2D eigenvalue weighted by atomic mass is 9.97. The molecule has 0 aliphatic carbocycles. The van der Waals surface area contributed by atoms with E-state index in [0.29, 0.717) is 0 Å². The summed E-state index contributed by atoms with van der Waals surface area (Å²) < 4.78 is 5.95. The van der Waals surface area contributed by atoms with E-state index in [2.05, 4.69) is 59.7 Å². The van der Waals surface area contributed by atoms with Gasteiger partial charge in [0.15, 0.2) is 0 Å². The molecule has 0 saturated carbocycles. The molecule has 3 rings (SSSR count). The Hall–Kier alpha value is -1.46. The van der Waals surface area contributed by atoms with Gasteiger partial charge in [0.25, 0.3) is 0 Å². The van der Waals surface area contributed by atoms with Crippen LogP contribution in [0.5, 0.6) is 0 Å². The molecule has 4 heteroatoms. The first-order valence-electron chi connectivity index (χ1n) is 7.60. The summed E-state index contributed by atoms with van der Waals surface area (Å²) in [6.07, 6.45) is 0.0878. The van der Waals surface area contributed by atoms with Crippen molar-refractivity contribution in [1.82, 2.24) is 10.3 Å². The molecular formula is C17H23N3O. The number of hydrogen-bond acceptors (Lipinski definition) is 4. The maximum absolute atomic E-state index is 5.95. The molecule has 2 aromatic rings. The first-order chi connectivity index (χ1) is 10.3. The van der Waals surface area contributed by atoms with Crippen molar-refractivity contribution < 1.29 is 4.74 Å². The molecule has 1 heterocycles. The predicted octanol–water partition coefficient (Wildman–Crippen LogP) is 2.06. The Morgan fingerprint density at radius 1 is 1.29 bits per heavy atom. The molecule has 2 unspecified atom stereocenters. The van der Waals surface area contributed by atoms with Gasteiger partial charge in [0, 0.05) is 13.1 Å². The Bertz CT molecular complexity index is 601. The van der Waals surface area contributed by atoms with Crippen LogP contribution in [0.25, 0.3) is 10.8 Å². The van der Waals surface area contributed by atoms with Crippen LogP contribution < -0.4 is 11.3 Å². The molecule has 0 aromatic heterocycles. The van der Waals surface area contributed by atoms with E-state index < -0.39 is 0 Å². The number of fused-ring (bicyclic) bond motifs is 1. The third-order valence-corrected chi connectivity index (χ3v) is 4.31. The zero-order valence-electron chi connectivity index (χ0n) is 12.5. The van der Waals surface area contributed by atoms with Crippen LogP contribution >= 0.6 is 0 Å². The summed E-state index contributed by atoms with van der Waals surface area (Å²) in [5.74, 6) is 5.82. The topological polar surface area (TPSA) is 50.5 Å². The van der Waals surface area contributed by atoms with Gasteiger partial charge < -0.3 is 4.74 Å². The van der Waals surface area contributed by atoms with E-state index in [0.717, 1.165) is 26.2 Å². The van der Waals surface area contributed by atoms with E-state index in [4.69, 9.17) is 10.6 Å². The Morgan fingerprint density at radius 3 is 2.86 bits per heavy atom. The molecule has 0 bridgehead atoms. The van der Waals surface area contributed by atoms with E-state index in [1.165, 1.54) is 16.3 Å². The molecule has 0 radical (unpaired) electrons. The standard InChI is InChI=1S/C17H23N3O/c1-2-20-9-10-21-16(12-20)17(19-18)15-8-7-13-5-3-4-6-14(13)11-15/h3-8,11,16-17,19H,2,9-10,12,18H2,1H3. The van der Waals surface area contributed by atoms with Gasteiger partial charge >= 0.3 is 0 Å². The number of nitrogens with two attached hydrogens (primary N) is 1. The number of ether oxygens (including phenoxy) is 1. The molecule has 1 saturated heterocycles. The van der Waals surface area contributed by atoms with E-state index in [-0.39, 0.29) is 12.1 Å². The van der Waals surface area contributed by atoms with Crippen LogP contribution in [0, 0.1) is 0 Å². The lowest BCUT2D eigenvalue weighted by molar-refractivity contribution is -0.0456. The number of nitrogens with one attached hydrogen (secondary N) is 1. The van der Waals surface area contributed by atoms with Gasteiger partial charge in [0.05, 0.1) is 18.8 Å². The maximum Gasteiger partial charge on any atom is 0.0909 e. The van der Waals surface area contributed by atoms with Crippen LogP contribution in [0.1, 0.15) is 18.5 Å². The number of hydrogen-bond donors (Lipinski definition) is 2. The van der Waals surface area contributed by atoms with E-state index >= 15 is 0 Å². The van der Waals surface area contributed by atoms with E-state index in [1.54, 1.807) is 0 Å². The molecule has 0 spiro atoms. The van der Waals surface area contributed by atoms with Crippen LogP contribution in [0.15, 0.2) is 42.5 Å². The summed E-state index contributed by atoms with van der Waals surface area (Å²) in [6, 6.07) is 14.9. The minimum atomic E-state index is 0.0176. The van der Waals surface area contributed by atoms with Gasteiger partial charge in [-0.2, -0.15) is 0 Å². The maximum atomic E-state index is 5.95. The molecule has 0 amide bonds. The molecule has 1 fully saturated rings. The van der Waals surface area contributed by atoms with Gasteiger partial charge in [0.2, 0.25) is 0 Å². The van der Waals surface area contributed by atoms with Gasteiger partial charge in [0.1, 0.15) is 0 Å². The highest BCUT2D eigenvalue weighted by Crippen LogP contribution is 2.25. The van der Waals surface area contributed by atoms with Gasteiger partial charge in [-0.3, -0.25) is 16.2 Å². The fourth-order valence-electron chi connectivity index (χ4n) is 3.04. The Kier molecular flexibility index (Phi) is 4.51. The van der Waals surface area contributed by atoms with Gasteiger partial charge in [-0.1, -0.05) is 43.3 Å². The Morgan fingerprint density at radius 2 is 2.10 bits per heavy atom. The summed E-state index contributed by atoms with van der Waals surface area (Å²) in [5, 5.41) is 2.48. The lowest BCUT2D eigenvalue weighted by Gasteiger charge is -2.36. The van der Waals surface area contributed by atoms with Gasteiger partial charge in [-0.25, -0.2) is 0 Å². The normalized spacial score (nSPS) is 21.5. The number of rotatable bonds is 4. The number of likely N-dealkylation sites (N-methyl/N-ethyl adjacent to an activating group) is 1. The summed E-state index contributed by atoms with van der Waals surface area (Å²) >= 11 is 0. The van der Waals surface area contributed by atoms with Crippen molar-refractivity contribution in [3.8, 4) is 0 Å². The minimum absolute atomic E-state index is 0.0176. The average molecular weight is 285 g/mol. The van der Waals surface area contributed by atoms with Crippen LogP contribution in [-0.4, -0.2) is 37.2 Å². The summed E-state index contributed by atoms with van der Waals surface area (Å²) in [5.41, 5.74) is 4.13. The van der Waals surface area contributed by atoms with Crippen molar-refractivity contribution in [3.63, 3.8) is 0 Å².